The van der Waals surface area contributed by atoms with E-state index in [0.29, 0.717) is 36.2 Å². The van der Waals surface area contributed by atoms with Crippen LogP contribution in [0, 0.1) is 17.7 Å². The number of benzene rings is 2. The van der Waals surface area contributed by atoms with Gasteiger partial charge in [-0.2, -0.15) is 11.8 Å². The number of amides is 1. The molecule has 2 heterocycles. The van der Waals surface area contributed by atoms with Crippen LogP contribution in [0.5, 0.6) is 17.4 Å². The molecule has 0 radical (unpaired) electrons. The van der Waals surface area contributed by atoms with Crippen molar-refractivity contribution in [3.63, 3.8) is 0 Å². The average Bonchev–Trinajstić information content (AvgIpc) is 3.09. The third-order valence-electron chi connectivity index (χ3n) is 9.08. The molecule has 1 aliphatic carbocycles. The lowest BCUT2D eigenvalue weighted by atomic mass is 9.77. The second-order valence-electron chi connectivity index (χ2n) is 12.6. The Morgan fingerprint density at radius 1 is 0.957 bits per heavy atom. The molecule has 1 aliphatic heterocycles. The molecule has 1 N–H and O–H groups in total. The minimum atomic E-state index is -0.520. The van der Waals surface area contributed by atoms with Crippen LogP contribution in [0.4, 0.5) is 4.39 Å². The first-order valence-corrected chi connectivity index (χ1v) is 18.3. The van der Waals surface area contributed by atoms with Crippen molar-refractivity contribution in [3.05, 3.63) is 83.3 Å². The zero-order valence-corrected chi connectivity index (χ0v) is 28.4. The van der Waals surface area contributed by atoms with Crippen LogP contribution >= 0.6 is 11.8 Å². The summed E-state index contributed by atoms with van der Waals surface area (Å²) >= 11 is 1.90. The van der Waals surface area contributed by atoms with Crippen LogP contribution in [0.1, 0.15) is 97.9 Å². The predicted molar refractivity (Wildman–Crippen MR) is 184 cm³/mol. The number of nitrogens with zero attached hydrogens (tertiary/aromatic N) is 1. The Hall–Kier alpha value is -3.59. The van der Waals surface area contributed by atoms with Gasteiger partial charge in [-0.25, -0.2) is 9.37 Å². The highest BCUT2D eigenvalue weighted by Crippen LogP contribution is 2.35. The number of carbonyl (C=O) groups is 2. The minimum Gasteiger partial charge on any atom is -0.493 e. The SMILES string of the molecule is CCCC(CC1CCC(NC(=O)c2ccc(OCc3ccccc3)cc2OCC)CC1)C(=O)c1cc(F)cnc1OC1CCSCC1. The molecular weight excluding hydrogens is 615 g/mol. The Morgan fingerprint density at radius 2 is 1.72 bits per heavy atom. The molecule has 5 rings (SSSR count). The molecule has 1 atom stereocenters. The lowest BCUT2D eigenvalue weighted by molar-refractivity contribution is 0.0866. The van der Waals surface area contributed by atoms with Crippen molar-refractivity contribution in [2.75, 3.05) is 18.1 Å². The molecule has 0 bridgehead atoms. The van der Waals surface area contributed by atoms with Gasteiger partial charge in [0, 0.05) is 18.0 Å². The Bertz CT molecular complexity index is 1460. The lowest BCUT2D eigenvalue weighted by Gasteiger charge is -2.31. The van der Waals surface area contributed by atoms with Crippen molar-refractivity contribution in [3.8, 4) is 17.4 Å². The molecule has 1 amide bonds. The number of hydrogen-bond donors (Lipinski definition) is 1. The number of nitrogens with one attached hydrogen (secondary N) is 1. The van der Waals surface area contributed by atoms with Crippen molar-refractivity contribution in [1.29, 1.82) is 0 Å². The second-order valence-corrected chi connectivity index (χ2v) is 13.8. The third kappa shape index (κ3) is 9.95. The summed E-state index contributed by atoms with van der Waals surface area (Å²) in [5.74, 6) is 2.82. The van der Waals surface area contributed by atoms with Crippen LogP contribution < -0.4 is 19.5 Å². The molecule has 1 unspecified atom stereocenters. The van der Waals surface area contributed by atoms with Crippen molar-refractivity contribution < 1.29 is 28.2 Å². The standard InChI is InChI=1S/C38H47FN2O5S/c1-3-8-28(36(42)34-22-29(39)24-40-38(34)46-31-17-19-47-20-18-31)21-26-11-13-30(14-12-26)41-37(43)33-16-15-32(23-35(33)44-4-2)45-25-27-9-6-5-7-10-27/h5-7,9-10,15-16,22-24,26,28,30-31H,3-4,8,11-14,17-21,25H2,1-2H3,(H,41,43). The summed E-state index contributed by atoms with van der Waals surface area (Å²) in [6, 6.07) is 16.6. The fourth-order valence-electron chi connectivity index (χ4n) is 6.58. The zero-order valence-electron chi connectivity index (χ0n) is 27.5. The van der Waals surface area contributed by atoms with E-state index in [2.05, 4.69) is 17.2 Å². The summed E-state index contributed by atoms with van der Waals surface area (Å²) in [4.78, 5) is 31.4. The highest BCUT2D eigenvalue weighted by Gasteiger charge is 2.31. The molecule has 9 heteroatoms. The summed E-state index contributed by atoms with van der Waals surface area (Å²) in [7, 11) is 0. The Morgan fingerprint density at radius 3 is 2.45 bits per heavy atom. The van der Waals surface area contributed by atoms with Crippen LogP contribution in [0.15, 0.2) is 60.8 Å². The third-order valence-corrected chi connectivity index (χ3v) is 10.1. The van der Waals surface area contributed by atoms with Gasteiger partial charge in [0.25, 0.3) is 5.91 Å². The summed E-state index contributed by atoms with van der Waals surface area (Å²) in [5.41, 5.74) is 1.82. The molecule has 2 fully saturated rings. The number of ketones is 1. The number of hydrogen-bond acceptors (Lipinski definition) is 7. The van der Waals surface area contributed by atoms with Gasteiger partial charge < -0.3 is 19.5 Å². The van der Waals surface area contributed by atoms with Crippen molar-refractivity contribution in [2.24, 2.45) is 11.8 Å². The van der Waals surface area contributed by atoms with Crippen LogP contribution in [0.3, 0.4) is 0 Å². The van der Waals surface area contributed by atoms with Crippen LogP contribution in [0.2, 0.25) is 0 Å². The first kappa shape index (κ1) is 34.7. The van der Waals surface area contributed by atoms with E-state index in [-0.39, 0.29) is 41.2 Å². The predicted octanol–water partition coefficient (Wildman–Crippen LogP) is 8.45. The van der Waals surface area contributed by atoms with Gasteiger partial charge in [0.05, 0.1) is 23.9 Å². The Balaban J connectivity index is 1.16. The maximum absolute atomic E-state index is 14.3. The van der Waals surface area contributed by atoms with E-state index in [0.717, 1.165) is 81.1 Å². The number of carbonyl (C=O) groups excluding carboxylic acids is 2. The van der Waals surface area contributed by atoms with E-state index in [9.17, 15) is 14.0 Å². The van der Waals surface area contributed by atoms with Gasteiger partial charge in [0.1, 0.15) is 30.0 Å². The molecule has 3 aromatic rings. The number of pyridine rings is 1. The van der Waals surface area contributed by atoms with Crippen molar-refractivity contribution in [2.45, 2.75) is 90.4 Å². The number of thioether (sulfide) groups is 1. The zero-order chi connectivity index (χ0) is 33.0. The van der Waals surface area contributed by atoms with Gasteiger partial charge in [0.15, 0.2) is 5.78 Å². The van der Waals surface area contributed by atoms with E-state index >= 15 is 0 Å². The van der Waals surface area contributed by atoms with Gasteiger partial charge in [-0.1, -0.05) is 43.7 Å². The van der Waals surface area contributed by atoms with E-state index in [1.54, 1.807) is 18.2 Å². The molecule has 47 heavy (non-hydrogen) atoms. The van der Waals surface area contributed by atoms with Gasteiger partial charge in [-0.15, -0.1) is 0 Å². The Kier molecular flexibility index (Phi) is 13.0. The van der Waals surface area contributed by atoms with E-state index in [4.69, 9.17) is 14.2 Å². The first-order valence-electron chi connectivity index (χ1n) is 17.1. The monoisotopic (exact) mass is 662 g/mol. The fraction of sp³-hybridized carbons (Fsp3) is 0.500. The molecule has 2 aromatic carbocycles. The van der Waals surface area contributed by atoms with E-state index in [1.807, 2.05) is 49.0 Å². The average molecular weight is 663 g/mol. The highest BCUT2D eigenvalue weighted by molar-refractivity contribution is 7.99. The maximum Gasteiger partial charge on any atom is 0.255 e. The maximum atomic E-state index is 14.3. The number of rotatable bonds is 15. The number of ether oxygens (including phenoxy) is 3. The van der Waals surface area contributed by atoms with Crippen molar-refractivity contribution in [1.82, 2.24) is 10.3 Å². The summed E-state index contributed by atoms with van der Waals surface area (Å²) in [6.45, 7) is 4.84. The molecule has 1 saturated carbocycles. The Labute approximate surface area is 282 Å². The largest absolute Gasteiger partial charge is 0.493 e. The lowest BCUT2D eigenvalue weighted by Crippen LogP contribution is -2.38. The molecule has 1 aromatic heterocycles. The molecule has 7 nitrogen and oxygen atoms in total. The van der Waals surface area contributed by atoms with Crippen LogP contribution in [-0.2, 0) is 6.61 Å². The highest BCUT2D eigenvalue weighted by atomic mass is 32.2. The second kappa shape index (κ2) is 17.5. The van der Waals surface area contributed by atoms with Gasteiger partial charge in [-0.05, 0) is 99.5 Å². The summed E-state index contributed by atoms with van der Waals surface area (Å²) in [6.07, 6.45) is 8.76. The molecule has 252 valence electrons. The van der Waals surface area contributed by atoms with E-state index < -0.39 is 5.82 Å². The smallest absolute Gasteiger partial charge is 0.255 e. The molecule has 2 aliphatic rings. The van der Waals surface area contributed by atoms with Gasteiger partial charge in [0.2, 0.25) is 5.88 Å². The van der Waals surface area contributed by atoms with Crippen molar-refractivity contribution >= 4 is 23.5 Å². The summed E-state index contributed by atoms with van der Waals surface area (Å²) < 4.78 is 32.3. The number of halogens is 1. The fourth-order valence-corrected chi connectivity index (χ4v) is 7.64. The van der Waals surface area contributed by atoms with Gasteiger partial charge >= 0.3 is 0 Å². The van der Waals surface area contributed by atoms with Crippen LogP contribution in [-0.4, -0.2) is 46.9 Å². The minimum absolute atomic E-state index is 0.00592. The first-order chi connectivity index (χ1) is 22.9. The normalized spacial score (nSPS) is 19.0. The van der Waals surface area contributed by atoms with E-state index in [1.165, 1.54) is 6.07 Å². The quantitative estimate of drug-likeness (QED) is 0.164. The molecule has 1 saturated heterocycles. The van der Waals surface area contributed by atoms with Crippen LogP contribution in [0.25, 0.3) is 0 Å². The topological polar surface area (TPSA) is 86.8 Å². The molecule has 0 spiro atoms. The number of Topliss-reactive ketones (excluding diaryl/α,β-unsaturated/α-hetero) is 1. The number of aromatic nitrogens is 1. The molecular formula is C38H47FN2O5S. The summed E-state index contributed by atoms with van der Waals surface area (Å²) in [5, 5.41) is 3.22. The van der Waals surface area contributed by atoms with Gasteiger partial charge in [-0.3, -0.25) is 9.59 Å².